The number of nitrogens with zero attached hydrogens (tertiary/aromatic N) is 5. The molecular weight excluding hydrogens is 432 g/mol. The summed E-state index contributed by atoms with van der Waals surface area (Å²) in [5.41, 5.74) is 1.72. The van der Waals surface area contributed by atoms with Crippen LogP contribution in [0.1, 0.15) is 48.7 Å². The molecule has 32 heavy (non-hydrogen) atoms. The van der Waals surface area contributed by atoms with E-state index in [-0.39, 0.29) is 28.4 Å². The Balaban J connectivity index is 1.47. The predicted octanol–water partition coefficient (Wildman–Crippen LogP) is 2.98. The van der Waals surface area contributed by atoms with Crippen molar-refractivity contribution in [3.63, 3.8) is 0 Å². The predicted molar refractivity (Wildman–Crippen MR) is 117 cm³/mol. The number of aryl methyl sites for hydroxylation is 2. The molecule has 11 heteroatoms. The van der Waals surface area contributed by atoms with Gasteiger partial charge in [-0.3, -0.25) is 14.8 Å². The molecule has 4 rings (SSSR count). The van der Waals surface area contributed by atoms with Gasteiger partial charge in [0.15, 0.2) is 0 Å². The molecule has 10 nitrogen and oxygen atoms in total. The molecule has 1 amide bonds. The monoisotopic (exact) mass is 458 g/mol. The minimum atomic E-state index is -3.60. The number of nitrogens with one attached hydrogen (secondary N) is 1. The van der Waals surface area contributed by atoms with Crippen molar-refractivity contribution >= 4 is 21.9 Å². The number of hydrogen-bond acceptors (Lipinski definition) is 7. The van der Waals surface area contributed by atoms with Gasteiger partial charge in [0.05, 0.1) is 4.90 Å². The highest BCUT2D eigenvalue weighted by atomic mass is 32.2. The third-order valence-corrected chi connectivity index (χ3v) is 7.71. The summed E-state index contributed by atoms with van der Waals surface area (Å²) >= 11 is 0. The molecule has 1 aromatic carbocycles. The third-order valence-electron chi connectivity index (χ3n) is 5.75. The van der Waals surface area contributed by atoms with Crippen molar-refractivity contribution < 1.29 is 17.6 Å². The summed E-state index contributed by atoms with van der Waals surface area (Å²) in [7, 11) is -1.80. The molecule has 2 aromatic heterocycles. The van der Waals surface area contributed by atoms with E-state index in [1.807, 2.05) is 13.8 Å². The summed E-state index contributed by atoms with van der Waals surface area (Å²) < 4.78 is 34.9. The average Bonchev–Trinajstić information content (AvgIpc) is 3.40. The van der Waals surface area contributed by atoms with Gasteiger partial charge in [0, 0.05) is 30.9 Å². The zero-order valence-corrected chi connectivity index (χ0v) is 19.1. The maximum atomic E-state index is 13.1. The van der Waals surface area contributed by atoms with Crippen LogP contribution in [0.2, 0.25) is 0 Å². The van der Waals surface area contributed by atoms with Crippen LogP contribution in [0.4, 0.5) is 6.01 Å². The van der Waals surface area contributed by atoms with Gasteiger partial charge >= 0.3 is 6.01 Å². The van der Waals surface area contributed by atoms with Gasteiger partial charge in [-0.25, -0.2) is 8.42 Å². The van der Waals surface area contributed by atoms with E-state index < -0.39 is 15.9 Å². The van der Waals surface area contributed by atoms with Gasteiger partial charge in [0.2, 0.25) is 10.0 Å². The van der Waals surface area contributed by atoms with Crippen LogP contribution in [0.25, 0.3) is 11.6 Å². The van der Waals surface area contributed by atoms with E-state index in [1.54, 1.807) is 22.1 Å². The third kappa shape index (κ3) is 4.30. The molecule has 0 bridgehead atoms. The van der Waals surface area contributed by atoms with Crippen molar-refractivity contribution in [1.82, 2.24) is 24.3 Å². The number of piperidine rings is 1. The van der Waals surface area contributed by atoms with Crippen LogP contribution in [0, 0.1) is 6.92 Å². The van der Waals surface area contributed by atoms with Gasteiger partial charge in [-0.15, -0.1) is 5.10 Å². The molecule has 0 aliphatic carbocycles. The van der Waals surface area contributed by atoms with E-state index in [0.717, 1.165) is 31.4 Å². The quantitative estimate of drug-likeness (QED) is 0.602. The molecule has 3 heterocycles. The summed E-state index contributed by atoms with van der Waals surface area (Å²) in [4.78, 5) is 12.7. The molecule has 1 N–H and O–H groups in total. The SMILES string of the molecule is CCC1CCCCN1S(=O)(=O)c1ccc(C(=O)Nc2nnc(-c3cc(C)n(C)n3)o2)cc1. The summed E-state index contributed by atoms with van der Waals surface area (Å²) in [6.07, 6.45) is 3.56. The van der Waals surface area contributed by atoms with Crippen molar-refractivity contribution in [2.75, 3.05) is 11.9 Å². The van der Waals surface area contributed by atoms with Gasteiger partial charge in [0.1, 0.15) is 5.69 Å². The van der Waals surface area contributed by atoms with E-state index in [4.69, 9.17) is 4.42 Å². The standard InChI is InChI=1S/C21H26N6O4S/c1-4-16-7-5-6-12-27(16)32(29,30)17-10-8-15(9-11-17)19(28)22-21-24-23-20(31-21)18-13-14(2)26(3)25-18/h8-11,13,16H,4-7,12H2,1-3H3,(H,22,24,28). The molecule has 1 fully saturated rings. The molecule has 0 spiro atoms. The van der Waals surface area contributed by atoms with Crippen LogP contribution in [0.15, 0.2) is 39.6 Å². The second kappa shape index (κ2) is 8.83. The van der Waals surface area contributed by atoms with E-state index in [0.29, 0.717) is 12.2 Å². The molecule has 0 radical (unpaired) electrons. The normalized spacial score (nSPS) is 17.4. The van der Waals surface area contributed by atoms with Crippen molar-refractivity contribution in [3.05, 3.63) is 41.6 Å². The lowest BCUT2D eigenvalue weighted by atomic mass is 10.0. The van der Waals surface area contributed by atoms with E-state index in [1.165, 1.54) is 24.3 Å². The zero-order valence-electron chi connectivity index (χ0n) is 18.3. The first-order valence-electron chi connectivity index (χ1n) is 10.6. The Morgan fingerprint density at radius 3 is 2.62 bits per heavy atom. The number of aromatic nitrogens is 4. The molecule has 170 valence electrons. The number of rotatable bonds is 6. The van der Waals surface area contributed by atoms with Crippen molar-refractivity contribution in [3.8, 4) is 11.6 Å². The Kier molecular flexibility index (Phi) is 6.11. The number of benzene rings is 1. The second-order valence-electron chi connectivity index (χ2n) is 7.86. The van der Waals surface area contributed by atoms with Crippen LogP contribution in [-0.4, -0.2) is 51.2 Å². The molecule has 1 unspecified atom stereocenters. The first-order valence-corrected chi connectivity index (χ1v) is 12.0. The fourth-order valence-electron chi connectivity index (χ4n) is 3.82. The number of sulfonamides is 1. The van der Waals surface area contributed by atoms with Crippen LogP contribution in [-0.2, 0) is 17.1 Å². The Bertz CT molecular complexity index is 1200. The van der Waals surface area contributed by atoms with E-state index >= 15 is 0 Å². The summed E-state index contributed by atoms with van der Waals surface area (Å²) in [5.74, 6) is -0.289. The molecule has 1 atom stereocenters. The summed E-state index contributed by atoms with van der Waals surface area (Å²) in [5, 5.41) is 14.5. The summed E-state index contributed by atoms with van der Waals surface area (Å²) in [6, 6.07) is 7.63. The number of hydrogen-bond donors (Lipinski definition) is 1. The average molecular weight is 459 g/mol. The maximum Gasteiger partial charge on any atom is 0.322 e. The lowest BCUT2D eigenvalue weighted by Gasteiger charge is -2.34. The highest BCUT2D eigenvalue weighted by Crippen LogP contribution is 2.27. The van der Waals surface area contributed by atoms with E-state index in [2.05, 4.69) is 20.6 Å². The topological polar surface area (TPSA) is 123 Å². The minimum Gasteiger partial charge on any atom is -0.401 e. The lowest BCUT2D eigenvalue weighted by molar-refractivity contribution is 0.102. The molecule has 1 aliphatic heterocycles. The summed E-state index contributed by atoms with van der Waals surface area (Å²) in [6.45, 7) is 4.43. The number of carbonyl (C=O) groups is 1. The van der Waals surface area contributed by atoms with Crippen LogP contribution in [0.5, 0.6) is 0 Å². The Morgan fingerprint density at radius 1 is 1.22 bits per heavy atom. The molecule has 3 aromatic rings. The zero-order chi connectivity index (χ0) is 22.9. The fraction of sp³-hybridized carbons (Fsp3) is 0.429. The number of amides is 1. The molecule has 1 saturated heterocycles. The van der Waals surface area contributed by atoms with Crippen LogP contribution < -0.4 is 5.32 Å². The number of anilines is 1. The van der Waals surface area contributed by atoms with Crippen LogP contribution >= 0.6 is 0 Å². The second-order valence-corrected chi connectivity index (χ2v) is 9.75. The van der Waals surface area contributed by atoms with E-state index in [9.17, 15) is 13.2 Å². The highest BCUT2D eigenvalue weighted by molar-refractivity contribution is 7.89. The van der Waals surface area contributed by atoms with Gasteiger partial charge < -0.3 is 4.42 Å². The smallest absolute Gasteiger partial charge is 0.322 e. The Labute approximate surface area is 186 Å². The van der Waals surface area contributed by atoms with Crippen LogP contribution in [0.3, 0.4) is 0 Å². The number of carbonyl (C=O) groups excluding carboxylic acids is 1. The maximum absolute atomic E-state index is 13.1. The largest absolute Gasteiger partial charge is 0.401 e. The van der Waals surface area contributed by atoms with Gasteiger partial charge in [-0.1, -0.05) is 18.4 Å². The fourth-order valence-corrected chi connectivity index (χ4v) is 5.59. The lowest BCUT2D eigenvalue weighted by Crippen LogP contribution is -2.43. The molecule has 1 aliphatic rings. The first kappa shape index (κ1) is 22.2. The molecular formula is C21H26N6O4S. The Morgan fingerprint density at radius 2 is 1.97 bits per heavy atom. The minimum absolute atomic E-state index is 0.0198. The van der Waals surface area contributed by atoms with Crippen molar-refractivity contribution in [2.45, 2.75) is 50.5 Å². The molecule has 0 saturated carbocycles. The van der Waals surface area contributed by atoms with Gasteiger partial charge in [-0.05, 0) is 56.5 Å². The van der Waals surface area contributed by atoms with Gasteiger partial charge in [-0.2, -0.15) is 9.40 Å². The van der Waals surface area contributed by atoms with Crippen molar-refractivity contribution in [2.24, 2.45) is 7.05 Å². The Hall–Kier alpha value is -3.05. The van der Waals surface area contributed by atoms with Gasteiger partial charge in [0.25, 0.3) is 11.8 Å². The first-order chi connectivity index (χ1) is 15.3. The highest BCUT2D eigenvalue weighted by Gasteiger charge is 2.32. The van der Waals surface area contributed by atoms with Crippen molar-refractivity contribution in [1.29, 1.82) is 0 Å².